The molecule has 0 aliphatic carbocycles. The first-order valence-corrected chi connectivity index (χ1v) is 7.43. The first-order valence-electron chi connectivity index (χ1n) is 7.43. The lowest BCUT2D eigenvalue weighted by molar-refractivity contribution is 0.220. The summed E-state index contributed by atoms with van der Waals surface area (Å²) in [6.07, 6.45) is 2.50. The number of nitrogens with zero attached hydrogens (tertiary/aromatic N) is 2. The first-order chi connectivity index (χ1) is 9.13. The lowest BCUT2D eigenvalue weighted by Crippen LogP contribution is -2.43. The van der Waals surface area contributed by atoms with Gasteiger partial charge in [0.2, 0.25) is 0 Å². The van der Waals surface area contributed by atoms with E-state index in [0.717, 1.165) is 0 Å². The van der Waals surface area contributed by atoms with Crippen molar-refractivity contribution in [3.63, 3.8) is 0 Å². The molecule has 19 heavy (non-hydrogen) atoms. The van der Waals surface area contributed by atoms with Crippen molar-refractivity contribution in [2.24, 2.45) is 5.73 Å². The molecule has 1 atom stereocenters. The Kier molecular flexibility index (Phi) is 4.83. The van der Waals surface area contributed by atoms with Gasteiger partial charge in [-0.1, -0.05) is 25.1 Å². The average Bonchev–Trinajstić information content (AvgIpc) is 2.46. The molecule has 1 heterocycles. The Morgan fingerprint density at radius 2 is 1.95 bits per heavy atom. The largest absolute Gasteiger partial charge is 0.371 e. The summed E-state index contributed by atoms with van der Waals surface area (Å²) < 4.78 is 0. The van der Waals surface area contributed by atoms with Gasteiger partial charge in [-0.3, -0.25) is 0 Å². The topological polar surface area (TPSA) is 32.5 Å². The highest BCUT2D eigenvalue weighted by atomic mass is 15.2. The van der Waals surface area contributed by atoms with E-state index in [9.17, 15) is 0 Å². The lowest BCUT2D eigenvalue weighted by atomic mass is 10.00. The van der Waals surface area contributed by atoms with Gasteiger partial charge in [-0.15, -0.1) is 0 Å². The monoisotopic (exact) mass is 261 g/mol. The Balaban J connectivity index is 2.10. The molecular weight excluding hydrogens is 234 g/mol. The summed E-state index contributed by atoms with van der Waals surface area (Å²) in [5, 5.41) is 0. The SMILES string of the molecule is CCN1CCC(N(C)c2ccccc2[C@@H](C)N)CC1. The van der Waals surface area contributed by atoms with E-state index < -0.39 is 0 Å². The van der Waals surface area contributed by atoms with Crippen LogP contribution in [-0.2, 0) is 0 Å². The van der Waals surface area contributed by atoms with E-state index in [1.165, 1.54) is 43.7 Å². The molecule has 0 radical (unpaired) electrons. The van der Waals surface area contributed by atoms with Gasteiger partial charge in [0, 0.05) is 37.9 Å². The van der Waals surface area contributed by atoms with Crippen molar-refractivity contribution in [1.29, 1.82) is 0 Å². The number of piperidine rings is 1. The van der Waals surface area contributed by atoms with Crippen LogP contribution in [0.4, 0.5) is 5.69 Å². The number of likely N-dealkylation sites (tertiary alicyclic amines) is 1. The molecule has 3 nitrogen and oxygen atoms in total. The molecule has 106 valence electrons. The summed E-state index contributed by atoms with van der Waals surface area (Å²) in [4.78, 5) is 4.97. The van der Waals surface area contributed by atoms with Gasteiger partial charge in [0.1, 0.15) is 0 Å². The van der Waals surface area contributed by atoms with Gasteiger partial charge in [-0.2, -0.15) is 0 Å². The van der Waals surface area contributed by atoms with E-state index in [1.807, 2.05) is 0 Å². The second-order valence-electron chi connectivity index (χ2n) is 5.62. The fourth-order valence-electron chi connectivity index (χ4n) is 3.01. The first kappa shape index (κ1) is 14.4. The molecule has 1 saturated heterocycles. The van der Waals surface area contributed by atoms with E-state index in [4.69, 9.17) is 5.73 Å². The van der Waals surface area contributed by atoms with Crippen molar-refractivity contribution >= 4 is 5.69 Å². The molecule has 1 aliphatic heterocycles. The minimum Gasteiger partial charge on any atom is -0.371 e. The number of rotatable bonds is 4. The minimum absolute atomic E-state index is 0.0920. The zero-order valence-corrected chi connectivity index (χ0v) is 12.5. The van der Waals surface area contributed by atoms with Crippen LogP contribution < -0.4 is 10.6 Å². The maximum absolute atomic E-state index is 6.09. The van der Waals surface area contributed by atoms with Crippen LogP contribution in [0.3, 0.4) is 0 Å². The predicted octanol–water partition coefficient (Wildman–Crippen LogP) is 2.63. The van der Waals surface area contributed by atoms with Gasteiger partial charge in [-0.25, -0.2) is 0 Å². The molecule has 1 aromatic rings. The molecule has 2 rings (SSSR count). The molecule has 2 N–H and O–H groups in total. The molecule has 1 aromatic carbocycles. The van der Waals surface area contributed by atoms with Crippen molar-refractivity contribution in [3.05, 3.63) is 29.8 Å². The van der Waals surface area contributed by atoms with Crippen LogP contribution in [0.15, 0.2) is 24.3 Å². The summed E-state index contributed by atoms with van der Waals surface area (Å²) in [6.45, 7) is 7.91. The Morgan fingerprint density at radius 3 is 2.53 bits per heavy atom. The smallest absolute Gasteiger partial charge is 0.0414 e. The Bertz CT molecular complexity index is 395. The van der Waals surface area contributed by atoms with Crippen LogP contribution in [0.1, 0.15) is 38.3 Å². The van der Waals surface area contributed by atoms with E-state index >= 15 is 0 Å². The number of hydrogen-bond donors (Lipinski definition) is 1. The van der Waals surface area contributed by atoms with Crippen molar-refractivity contribution in [1.82, 2.24) is 4.90 Å². The number of anilines is 1. The summed E-state index contributed by atoms with van der Waals surface area (Å²) in [7, 11) is 2.22. The highest BCUT2D eigenvalue weighted by Crippen LogP contribution is 2.28. The third kappa shape index (κ3) is 3.28. The molecule has 0 unspecified atom stereocenters. The average molecular weight is 261 g/mol. The van der Waals surface area contributed by atoms with E-state index in [-0.39, 0.29) is 6.04 Å². The van der Waals surface area contributed by atoms with Gasteiger partial charge in [0.05, 0.1) is 0 Å². The summed E-state index contributed by atoms with van der Waals surface area (Å²) >= 11 is 0. The standard InChI is InChI=1S/C16H27N3/c1-4-19-11-9-14(10-12-19)18(3)16-8-6-5-7-15(16)13(2)17/h5-8,13-14H,4,9-12,17H2,1-3H3/t13-/m1/s1. The third-order valence-electron chi connectivity index (χ3n) is 4.36. The zero-order valence-electron chi connectivity index (χ0n) is 12.5. The molecule has 3 heteroatoms. The number of para-hydroxylation sites is 1. The number of nitrogens with two attached hydrogens (primary N) is 1. The lowest BCUT2D eigenvalue weighted by Gasteiger charge is -2.38. The van der Waals surface area contributed by atoms with Crippen LogP contribution in [0.25, 0.3) is 0 Å². The van der Waals surface area contributed by atoms with Crippen molar-refractivity contribution < 1.29 is 0 Å². The van der Waals surface area contributed by atoms with Crippen molar-refractivity contribution in [3.8, 4) is 0 Å². The molecule has 0 amide bonds. The highest BCUT2D eigenvalue weighted by molar-refractivity contribution is 5.55. The maximum Gasteiger partial charge on any atom is 0.0414 e. The molecular formula is C16H27N3. The van der Waals surface area contributed by atoms with Gasteiger partial charge < -0.3 is 15.5 Å². The van der Waals surface area contributed by atoms with E-state index in [1.54, 1.807) is 0 Å². The van der Waals surface area contributed by atoms with Crippen LogP contribution in [0, 0.1) is 0 Å². The molecule has 1 fully saturated rings. The Morgan fingerprint density at radius 1 is 1.32 bits per heavy atom. The van der Waals surface area contributed by atoms with E-state index in [0.29, 0.717) is 6.04 Å². The second kappa shape index (κ2) is 6.40. The van der Waals surface area contributed by atoms with Crippen LogP contribution >= 0.6 is 0 Å². The quantitative estimate of drug-likeness (QED) is 0.904. The molecule has 0 aromatic heterocycles. The van der Waals surface area contributed by atoms with Crippen molar-refractivity contribution in [2.75, 3.05) is 31.6 Å². The van der Waals surface area contributed by atoms with Crippen LogP contribution in [0.2, 0.25) is 0 Å². The fraction of sp³-hybridized carbons (Fsp3) is 0.625. The second-order valence-corrected chi connectivity index (χ2v) is 5.62. The third-order valence-corrected chi connectivity index (χ3v) is 4.36. The predicted molar refractivity (Wildman–Crippen MR) is 82.6 cm³/mol. The van der Waals surface area contributed by atoms with Crippen molar-refractivity contribution in [2.45, 2.75) is 38.8 Å². The molecule has 1 aliphatic rings. The summed E-state index contributed by atoms with van der Waals surface area (Å²) in [5.74, 6) is 0. The van der Waals surface area contributed by atoms with Crippen LogP contribution in [-0.4, -0.2) is 37.6 Å². The van der Waals surface area contributed by atoms with Gasteiger partial charge >= 0.3 is 0 Å². The van der Waals surface area contributed by atoms with E-state index in [2.05, 4.69) is 55.0 Å². The number of benzene rings is 1. The minimum atomic E-state index is 0.0920. The summed E-state index contributed by atoms with van der Waals surface area (Å²) in [6, 6.07) is 9.27. The fourth-order valence-corrected chi connectivity index (χ4v) is 3.01. The number of hydrogen-bond acceptors (Lipinski definition) is 3. The zero-order chi connectivity index (χ0) is 13.8. The molecule has 0 spiro atoms. The highest BCUT2D eigenvalue weighted by Gasteiger charge is 2.23. The Labute approximate surface area is 117 Å². The van der Waals surface area contributed by atoms with Crippen LogP contribution in [0.5, 0.6) is 0 Å². The summed E-state index contributed by atoms with van der Waals surface area (Å²) in [5.41, 5.74) is 8.64. The maximum atomic E-state index is 6.09. The molecule has 0 bridgehead atoms. The van der Waals surface area contributed by atoms with Gasteiger partial charge in [0.25, 0.3) is 0 Å². The molecule has 0 saturated carbocycles. The van der Waals surface area contributed by atoms with Gasteiger partial charge in [-0.05, 0) is 37.9 Å². The van der Waals surface area contributed by atoms with Gasteiger partial charge in [0.15, 0.2) is 0 Å². The Hall–Kier alpha value is -1.06. The normalized spacial score (nSPS) is 19.4.